The van der Waals surface area contributed by atoms with Gasteiger partial charge in [0, 0.05) is 5.41 Å². The molecule has 0 amide bonds. The van der Waals surface area contributed by atoms with Gasteiger partial charge in [0.2, 0.25) is 0 Å². The molecule has 0 aliphatic heterocycles. The predicted molar refractivity (Wildman–Crippen MR) is 67.2 cm³/mol. The average Bonchev–Trinajstić information content (AvgIpc) is 2.74. The van der Waals surface area contributed by atoms with Crippen LogP contribution < -0.4 is 0 Å². The molecule has 2 rings (SSSR count). The topological polar surface area (TPSA) is 17.8 Å². The molecule has 0 N–H and O–H groups in total. The van der Waals surface area contributed by atoms with Crippen molar-refractivity contribution < 1.29 is 17.6 Å². The number of halogens is 4. The van der Waals surface area contributed by atoms with Crippen molar-refractivity contribution in [1.82, 2.24) is 9.78 Å². The average molecular weight is 286 g/mol. The summed E-state index contributed by atoms with van der Waals surface area (Å²) in [5, 5.41) is 3.62. The maximum absolute atomic E-state index is 12.9. The number of aromatic nitrogens is 2. The van der Waals surface area contributed by atoms with Crippen molar-refractivity contribution in [3.63, 3.8) is 0 Å². The smallest absolute Gasteiger partial charge is 0.237 e. The second-order valence-corrected chi connectivity index (χ2v) is 5.55. The molecular formula is C14H14F4N2. The molecule has 0 atom stereocenters. The van der Waals surface area contributed by atoms with Gasteiger partial charge in [0.25, 0.3) is 0 Å². The van der Waals surface area contributed by atoms with Crippen molar-refractivity contribution in [2.75, 3.05) is 0 Å². The number of hydrogen-bond donors (Lipinski definition) is 0. The maximum atomic E-state index is 12.9. The van der Waals surface area contributed by atoms with E-state index in [1.807, 2.05) is 0 Å². The molecule has 0 aliphatic carbocycles. The SMILES string of the molecule is CC(C)(C)c1cc(C(F)(F)F)nn1-c1ccc(F)cc1. The highest BCUT2D eigenvalue weighted by molar-refractivity contribution is 5.36. The van der Waals surface area contributed by atoms with E-state index < -0.39 is 23.1 Å². The van der Waals surface area contributed by atoms with Crippen molar-refractivity contribution in [1.29, 1.82) is 0 Å². The van der Waals surface area contributed by atoms with Crippen LogP contribution in [-0.4, -0.2) is 9.78 Å². The van der Waals surface area contributed by atoms with Crippen molar-refractivity contribution in [3.05, 3.63) is 47.5 Å². The summed E-state index contributed by atoms with van der Waals surface area (Å²) >= 11 is 0. The Labute approximate surface area is 114 Å². The van der Waals surface area contributed by atoms with Crippen LogP contribution in [0.5, 0.6) is 0 Å². The zero-order chi connectivity index (χ0) is 15.1. The Balaban J connectivity index is 2.62. The van der Waals surface area contributed by atoms with Crippen LogP contribution in [0.2, 0.25) is 0 Å². The van der Waals surface area contributed by atoms with Gasteiger partial charge in [-0.15, -0.1) is 0 Å². The fraction of sp³-hybridized carbons (Fsp3) is 0.357. The minimum Gasteiger partial charge on any atom is -0.237 e. The normalized spacial score (nSPS) is 12.8. The number of alkyl halides is 3. The number of hydrogen-bond acceptors (Lipinski definition) is 1. The largest absolute Gasteiger partial charge is 0.435 e. The van der Waals surface area contributed by atoms with Crippen LogP contribution in [0.1, 0.15) is 32.2 Å². The molecule has 1 aromatic carbocycles. The van der Waals surface area contributed by atoms with Gasteiger partial charge in [0.1, 0.15) is 5.82 Å². The van der Waals surface area contributed by atoms with Crippen LogP contribution in [-0.2, 0) is 11.6 Å². The lowest BCUT2D eigenvalue weighted by atomic mass is 9.91. The Hall–Kier alpha value is -1.85. The molecule has 20 heavy (non-hydrogen) atoms. The Morgan fingerprint density at radius 3 is 2.00 bits per heavy atom. The summed E-state index contributed by atoms with van der Waals surface area (Å²) < 4.78 is 52.6. The number of nitrogens with zero attached hydrogens (tertiary/aromatic N) is 2. The standard InChI is InChI=1S/C14H14F4N2/c1-13(2,3)12-8-11(14(16,17)18)19-20(12)10-6-4-9(15)5-7-10/h4-8H,1-3H3. The van der Waals surface area contributed by atoms with Crippen molar-refractivity contribution in [3.8, 4) is 5.69 Å². The maximum Gasteiger partial charge on any atom is 0.435 e. The van der Waals surface area contributed by atoms with Crippen molar-refractivity contribution >= 4 is 0 Å². The van der Waals surface area contributed by atoms with E-state index in [4.69, 9.17) is 0 Å². The Morgan fingerprint density at radius 2 is 1.55 bits per heavy atom. The number of rotatable bonds is 1. The summed E-state index contributed by atoms with van der Waals surface area (Å²) in [6.45, 7) is 5.39. The lowest BCUT2D eigenvalue weighted by Crippen LogP contribution is -2.17. The van der Waals surface area contributed by atoms with E-state index in [1.54, 1.807) is 20.8 Å². The van der Waals surface area contributed by atoms with Crippen LogP contribution in [0.15, 0.2) is 30.3 Å². The summed E-state index contributed by atoms with van der Waals surface area (Å²) in [5.74, 6) is -0.450. The molecule has 0 saturated carbocycles. The lowest BCUT2D eigenvalue weighted by molar-refractivity contribution is -0.141. The van der Waals surface area contributed by atoms with Gasteiger partial charge in [-0.1, -0.05) is 20.8 Å². The third-order valence-electron chi connectivity index (χ3n) is 2.84. The summed E-state index contributed by atoms with van der Waals surface area (Å²) in [4.78, 5) is 0. The molecule has 0 unspecified atom stereocenters. The Kier molecular flexibility index (Phi) is 3.36. The van der Waals surface area contributed by atoms with Crippen molar-refractivity contribution in [2.24, 2.45) is 0 Å². The first kappa shape index (κ1) is 14.6. The minimum atomic E-state index is -4.51. The highest BCUT2D eigenvalue weighted by atomic mass is 19.4. The van der Waals surface area contributed by atoms with E-state index >= 15 is 0 Å². The summed E-state index contributed by atoms with van der Waals surface area (Å²) in [6, 6.07) is 6.21. The molecule has 0 bridgehead atoms. The fourth-order valence-electron chi connectivity index (χ4n) is 1.83. The van der Waals surface area contributed by atoms with Gasteiger partial charge in [-0.05, 0) is 30.3 Å². The van der Waals surface area contributed by atoms with Crippen LogP contribution in [0.3, 0.4) is 0 Å². The van der Waals surface area contributed by atoms with Crippen molar-refractivity contribution in [2.45, 2.75) is 32.4 Å². The molecule has 2 aromatic rings. The van der Waals surface area contributed by atoms with Gasteiger partial charge in [0.05, 0.1) is 11.4 Å². The number of benzene rings is 1. The van der Waals surface area contributed by atoms with E-state index in [0.717, 1.165) is 6.07 Å². The molecule has 0 radical (unpaired) electrons. The van der Waals surface area contributed by atoms with E-state index in [9.17, 15) is 17.6 Å². The molecule has 1 aromatic heterocycles. The lowest BCUT2D eigenvalue weighted by Gasteiger charge is -2.20. The first-order valence-corrected chi connectivity index (χ1v) is 6.03. The Bertz CT molecular complexity index is 604. The fourth-order valence-corrected chi connectivity index (χ4v) is 1.83. The zero-order valence-corrected chi connectivity index (χ0v) is 11.3. The van der Waals surface area contributed by atoms with Crippen LogP contribution in [0.25, 0.3) is 5.69 Å². The molecule has 6 heteroatoms. The van der Waals surface area contributed by atoms with Crippen LogP contribution >= 0.6 is 0 Å². The second kappa shape index (κ2) is 4.61. The van der Waals surface area contributed by atoms with E-state index in [0.29, 0.717) is 11.4 Å². The molecule has 0 spiro atoms. The first-order chi connectivity index (χ1) is 9.09. The second-order valence-electron chi connectivity index (χ2n) is 5.55. The molecule has 0 fully saturated rings. The molecule has 2 nitrogen and oxygen atoms in total. The quantitative estimate of drug-likeness (QED) is 0.714. The summed E-state index contributed by atoms with van der Waals surface area (Å²) in [6.07, 6.45) is -4.51. The van der Waals surface area contributed by atoms with Gasteiger partial charge in [0.15, 0.2) is 5.69 Å². The third-order valence-corrected chi connectivity index (χ3v) is 2.84. The van der Waals surface area contributed by atoms with E-state index in [2.05, 4.69) is 5.10 Å². The predicted octanol–water partition coefficient (Wildman–Crippen LogP) is 4.33. The van der Waals surface area contributed by atoms with Crippen LogP contribution in [0, 0.1) is 5.82 Å². The van der Waals surface area contributed by atoms with E-state index in [1.165, 1.54) is 28.9 Å². The molecule has 1 heterocycles. The first-order valence-electron chi connectivity index (χ1n) is 6.03. The molecular weight excluding hydrogens is 272 g/mol. The zero-order valence-electron chi connectivity index (χ0n) is 11.3. The van der Waals surface area contributed by atoms with E-state index in [-0.39, 0.29) is 0 Å². The van der Waals surface area contributed by atoms with Gasteiger partial charge in [-0.25, -0.2) is 9.07 Å². The Morgan fingerprint density at radius 1 is 1.00 bits per heavy atom. The van der Waals surface area contributed by atoms with Gasteiger partial charge < -0.3 is 0 Å². The molecule has 108 valence electrons. The minimum absolute atomic E-state index is 0.395. The van der Waals surface area contributed by atoms with Gasteiger partial charge in [-0.2, -0.15) is 18.3 Å². The van der Waals surface area contributed by atoms with Gasteiger partial charge in [-0.3, -0.25) is 0 Å². The summed E-state index contributed by atoms with van der Waals surface area (Å²) in [7, 11) is 0. The third kappa shape index (κ3) is 2.84. The summed E-state index contributed by atoms with van der Waals surface area (Å²) in [5.41, 5.74) is -0.666. The monoisotopic (exact) mass is 286 g/mol. The van der Waals surface area contributed by atoms with Gasteiger partial charge >= 0.3 is 6.18 Å². The highest BCUT2D eigenvalue weighted by Crippen LogP contribution is 2.33. The highest BCUT2D eigenvalue weighted by Gasteiger charge is 2.36. The molecule has 0 saturated heterocycles. The van der Waals surface area contributed by atoms with Crippen LogP contribution in [0.4, 0.5) is 17.6 Å². The molecule has 0 aliphatic rings.